The van der Waals surface area contributed by atoms with Crippen LogP contribution in [0.3, 0.4) is 0 Å². The summed E-state index contributed by atoms with van der Waals surface area (Å²) in [6.45, 7) is 8.93. The van der Waals surface area contributed by atoms with E-state index in [1.54, 1.807) is 6.92 Å². The van der Waals surface area contributed by atoms with Gasteiger partial charge in [0, 0.05) is 22.6 Å². The molecule has 0 saturated heterocycles. The highest BCUT2D eigenvalue weighted by molar-refractivity contribution is 9.10. The molecule has 0 aromatic heterocycles. The Morgan fingerprint density at radius 1 is 1.33 bits per heavy atom. The summed E-state index contributed by atoms with van der Waals surface area (Å²) in [4.78, 5) is 11.9. The predicted molar refractivity (Wildman–Crippen MR) is 87.5 cm³/mol. The molecule has 0 radical (unpaired) electrons. The summed E-state index contributed by atoms with van der Waals surface area (Å²) in [6.07, 6.45) is 0.00953. The lowest BCUT2D eigenvalue weighted by Crippen LogP contribution is -2.29. The maximum atomic E-state index is 11.9. The van der Waals surface area contributed by atoms with Crippen LogP contribution in [-0.2, 0) is 16.1 Å². The zero-order valence-corrected chi connectivity index (χ0v) is 14.7. The van der Waals surface area contributed by atoms with Gasteiger partial charge in [-0.2, -0.15) is 0 Å². The van der Waals surface area contributed by atoms with Gasteiger partial charge in [0.15, 0.2) is 6.10 Å². The topological polar surface area (TPSA) is 47.6 Å². The molecule has 1 N–H and O–H groups in total. The SMILES string of the molecule is CCOC(=O)C(CC)Oc1ccc(Br)cc1CNC(C)C. The summed E-state index contributed by atoms with van der Waals surface area (Å²) in [6, 6.07) is 6.17. The third-order valence-electron chi connectivity index (χ3n) is 2.91. The second-order valence-electron chi connectivity index (χ2n) is 5.05. The second-order valence-corrected chi connectivity index (χ2v) is 5.97. The summed E-state index contributed by atoms with van der Waals surface area (Å²) in [5, 5.41) is 3.36. The molecule has 0 aliphatic rings. The fourth-order valence-corrected chi connectivity index (χ4v) is 2.21. The summed E-state index contributed by atoms with van der Waals surface area (Å²) in [5.74, 6) is 0.400. The van der Waals surface area contributed by atoms with Gasteiger partial charge in [-0.1, -0.05) is 36.7 Å². The molecule has 0 spiro atoms. The maximum Gasteiger partial charge on any atom is 0.347 e. The van der Waals surface area contributed by atoms with Gasteiger partial charge in [-0.15, -0.1) is 0 Å². The van der Waals surface area contributed by atoms with Crippen LogP contribution in [0.1, 0.15) is 39.7 Å². The lowest BCUT2D eigenvalue weighted by molar-refractivity contribution is -0.151. The number of hydrogen-bond donors (Lipinski definition) is 1. The molecule has 1 atom stereocenters. The first-order chi connectivity index (χ1) is 9.97. The monoisotopic (exact) mass is 357 g/mol. The first kappa shape index (κ1) is 18.0. The number of halogens is 1. The summed E-state index contributed by atoms with van der Waals surface area (Å²) >= 11 is 3.47. The Hall–Kier alpha value is -1.07. The highest BCUT2D eigenvalue weighted by Gasteiger charge is 2.21. The molecule has 0 aliphatic carbocycles. The van der Waals surface area contributed by atoms with Crippen LogP contribution >= 0.6 is 15.9 Å². The second kappa shape index (κ2) is 9.05. The van der Waals surface area contributed by atoms with Gasteiger partial charge in [0.1, 0.15) is 5.75 Å². The van der Waals surface area contributed by atoms with Crippen LogP contribution in [0.4, 0.5) is 0 Å². The zero-order chi connectivity index (χ0) is 15.8. The van der Waals surface area contributed by atoms with Crippen LogP contribution in [-0.4, -0.2) is 24.7 Å². The Balaban J connectivity index is 2.87. The third-order valence-corrected chi connectivity index (χ3v) is 3.41. The largest absolute Gasteiger partial charge is 0.478 e. The number of benzene rings is 1. The van der Waals surface area contributed by atoms with Gasteiger partial charge >= 0.3 is 5.97 Å². The van der Waals surface area contributed by atoms with Crippen molar-refractivity contribution < 1.29 is 14.3 Å². The minimum atomic E-state index is -0.566. The van der Waals surface area contributed by atoms with Gasteiger partial charge in [-0.3, -0.25) is 0 Å². The molecule has 0 aliphatic heterocycles. The minimum absolute atomic E-state index is 0.314. The number of ether oxygens (including phenoxy) is 2. The molecule has 1 unspecified atom stereocenters. The summed E-state index contributed by atoms with van der Waals surface area (Å²) < 4.78 is 11.9. The molecule has 0 bridgehead atoms. The van der Waals surface area contributed by atoms with E-state index in [1.165, 1.54) is 0 Å². The molecule has 0 heterocycles. The number of carbonyl (C=O) groups excluding carboxylic acids is 1. The van der Waals surface area contributed by atoms with Crippen molar-refractivity contribution in [3.05, 3.63) is 28.2 Å². The van der Waals surface area contributed by atoms with E-state index in [9.17, 15) is 4.79 Å². The molecule has 0 fully saturated rings. The number of esters is 1. The quantitative estimate of drug-likeness (QED) is 0.721. The van der Waals surface area contributed by atoms with Crippen molar-refractivity contribution >= 4 is 21.9 Å². The van der Waals surface area contributed by atoms with Crippen molar-refractivity contribution in [2.75, 3.05) is 6.61 Å². The van der Waals surface area contributed by atoms with Gasteiger partial charge in [0.2, 0.25) is 0 Å². The Kier molecular flexibility index (Phi) is 7.75. The molecule has 5 heteroatoms. The first-order valence-electron chi connectivity index (χ1n) is 7.33. The van der Waals surface area contributed by atoms with Crippen LogP contribution in [0.5, 0.6) is 5.75 Å². The van der Waals surface area contributed by atoms with E-state index < -0.39 is 6.10 Å². The third kappa shape index (κ3) is 6.06. The van der Waals surface area contributed by atoms with Gasteiger partial charge in [-0.25, -0.2) is 4.79 Å². The standard InChI is InChI=1S/C16H24BrNO3/c1-5-14(16(19)20-6-2)21-15-8-7-13(17)9-12(15)10-18-11(3)4/h7-9,11,14,18H,5-6,10H2,1-4H3. The van der Waals surface area contributed by atoms with Gasteiger partial charge < -0.3 is 14.8 Å². The number of nitrogens with one attached hydrogen (secondary N) is 1. The van der Waals surface area contributed by atoms with E-state index in [0.717, 1.165) is 10.0 Å². The van der Waals surface area contributed by atoms with Crippen molar-refractivity contribution in [1.29, 1.82) is 0 Å². The molecular weight excluding hydrogens is 334 g/mol. The molecule has 1 aromatic carbocycles. The van der Waals surface area contributed by atoms with Crippen molar-refractivity contribution in [2.24, 2.45) is 0 Å². The Morgan fingerprint density at radius 3 is 2.62 bits per heavy atom. The average Bonchev–Trinajstić information content (AvgIpc) is 2.44. The smallest absolute Gasteiger partial charge is 0.347 e. The van der Waals surface area contributed by atoms with Crippen LogP contribution in [0.15, 0.2) is 22.7 Å². The molecule has 118 valence electrons. The van der Waals surface area contributed by atoms with Gasteiger partial charge in [0.25, 0.3) is 0 Å². The van der Waals surface area contributed by atoms with E-state index in [1.807, 2.05) is 25.1 Å². The maximum absolute atomic E-state index is 11.9. The fourth-order valence-electron chi connectivity index (χ4n) is 1.80. The number of hydrogen-bond acceptors (Lipinski definition) is 4. The summed E-state index contributed by atoms with van der Waals surface area (Å²) in [7, 11) is 0. The van der Waals surface area contributed by atoms with Crippen molar-refractivity contribution in [2.45, 2.75) is 52.8 Å². The molecule has 0 saturated carbocycles. The van der Waals surface area contributed by atoms with E-state index in [4.69, 9.17) is 9.47 Å². The average molecular weight is 358 g/mol. The summed E-state index contributed by atoms with van der Waals surface area (Å²) in [5.41, 5.74) is 1.01. The Bertz CT molecular complexity index is 463. The first-order valence-corrected chi connectivity index (χ1v) is 8.12. The molecule has 1 aromatic rings. The molecule has 0 amide bonds. The number of rotatable bonds is 8. The molecular formula is C16H24BrNO3. The highest BCUT2D eigenvalue weighted by atomic mass is 79.9. The van der Waals surface area contributed by atoms with Crippen LogP contribution in [0.2, 0.25) is 0 Å². The van der Waals surface area contributed by atoms with Crippen molar-refractivity contribution in [3.8, 4) is 5.75 Å². The molecule has 21 heavy (non-hydrogen) atoms. The normalized spacial score (nSPS) is 12.3. The highest BCUT2D eigenvalue weighted by Crippen LogP contribution is 2.25. The molecule has 1 rings (SSSR count). The van der Waals surface area contributed by atoms with E-state index in [0.29, 0.717) is 31.4 Å². The Labute approximate surface area is 135 Å². The van der Waals surface area contributed by atoms with Gasteiger partial charge in [-0.05, 0) is 31.5 Å². The van der Waals surface area contributed by atoms with Crippen LogP contribution < -0.4 is 10.1 Å². The van der Waals surface area contributed by atoms with Crippen molar-refractivity contribution in [3.63, 3.8) is 0 Å². The molecule has 4 nitrogen and oxygen atoms in total. The van der Waals surface area contributed by atoms with E-state index >= 15 is 0 Å². The predicted octanol–water partition coefficient (Wildman–Crippen LogP) is 3.67. The minimum Gasteiger partial charge on any atom is -0.478 e. The van der Waals surface area contributed by atoms with E-state index in [-0.39, 0.29) is 5.97 Å². The van der Waals surface area contributed by atoms with Crippen molar-refractivity contribution in [1.82, 2.24) is 5.32 Å². The lowest BCUT2D eigenvalue weighted by atomic mass is 10.2. The fraction of sp³-hybridized carbons (Fsp3) is 0.562. The number of carbonyl (C=O) groups is 1. The van der Waals surface area contributed by atoms with Crippen LogP contribution in [0.25, 0.3) is 0 Å². The Morgan fingerprint density at radius 2 is 2.05 bits per heavy atom. The van der Waals surface area contributed by atoms with E-state index in [2.05, 4.69) is 35.1 Å². The zero-order valence-electron chi connectivity index (χ0n) is 13.1. The van der Waals surface area contributed by atoms with Gasteiger partial charge in [0.05, 0.1) is 6.61 Å². The van der Waals surface area contributed by atoms with Crippen LogP contribution in [0, 0.1) is 0 Å². The lowest BCUT2D eigenvalue weighted by Gasteiger charge is -2.19.